The van der Waals surface area contributed by atoms with Crippen molar-refractivity contribution in [2.75, 3.05) is 25.0 Å². The van der Waals surface area contributed by atoms with Gasteiger partial charge in [-0.2, -0.15) is 0 Å². The molecule has 4 heteroatoms. The van der Waals surface area contributed by atoms with Crippen LogP contribution in [0.1, 0.15) is 19.4 Å². The third-order valence-corrected chi connectivity index (χ3v) is 2.95. The van der Waals surface area contributed by atoms with Crippen LogP contribution >= 0.6 is 0 Å². The molecule has 1 saturated heterocycles. The van der Waals surface area contributed by atoms with Crippen LogP contribution in [0.25, 0.3) is 0 Å². The number of nitrogens with zero attached hydrogens (tertiary/aromatic N) is 2. The predicted molar refractivity (Wildman–Crippen MR) is 69.2 cm³/mol. The first-order valence-electron chi connectivity index (χ1n) is 6.19. The van der Waals surface area contributed by atoms with Gasteiger partial charge in [-0.3, -0.25) is 0 Å². The van der Waals surface area contributed by atoms with E-state index >= 15 is 0 Å². The lowest BCUT2D eigenvalue weighted by Gasteiger charge is -2.36. The molecule has 1 fully saturated rings. The summed E-state index contributed by atoms with van der Waals surface area (Å²) in [5.41, 5.74) is 1.25. The fourth-order valence-corrected chi connectivity index (χ4v) is 2.39. The molecule has 17 heavy (non-hydrogen) atoms. The van der Waals surface area contributed by atoms with Crippen molar-refractivity contribution in [3.63, 3.8) is 0 Å². The maximum atomic E-state index is 5.75. The summed E-state index contributed by atoms with van der Waals surface area (Å²) < 4.78 is 5.75. The molecule has 1 aromatic heterocycles. The van der Waals surface area contributed by atoms with E-state index in [1.165, 1.54) is 5.56 Å². The van der Waals surface area contributed by atoms with Crippen molar-refractivity contribution < 1.29 is 4.74 Å². The molecule has 0 bridgehead atoms. The van der Waals surface area contributed by atoms with E-state index in [9.17, 15) is 0 Å². The van der Waals surface area contributed by atoms with Gasteiger partial charge >= 0.3 is 0 Å². The molecule has 0 radical (unpaired) electrons. The van der Waals surface area contributed by atoms with Gasteiger partial charge in [-0.25, -0.2) is 4.98 Å². The van der Waals surface area contributed by atoms with E-state index in [4.69, 9.17) is 4.74 Å². The highest BCUT2D eigenvalue weighted by atomic mass is 16.5. The molecule has 0 aromatic carbocycles. The molecule has 0 amide bonds. The van der Waals surface area contributed by atoms with Crippen LogP contribution in [0.4, 0.5) is 5.82 Å². The first-order chi connectivity index (χ1) is 8.20. The van der Waals surface area contributed by atoms with Crippen molar-refractivity contribution in [3.05, 3.63) is 23.9 Å². The van der Waals surface area contributed by atoms with Crippen molar-refractivity contribution in [3.8, 4) is 0 Å². The lowest BCUT2D eigenvalue weighted by Crippen LogP contribution is -2.46. The van der Waals surface area contributed by atoms with Gasteiger partial charge in [-0.1, -0.05) is 6.07 Å². The highest BCUT2D eigenvalue weighted by molar-refractivity contribution is 5.47. The van der Waals surface area contributed by atoms with Gasteiger partial charge in [0, 0.05) is 31.4 Å². The van der Waals surface area contributed by atoms with E-state index in [0.29, 0.717) is 0 Å². The Morgan fingerprint density at radius 3 is 2.76 bits per heavy atom. The number of hydrogen-bond donors (Lipinski definition) is 1. The molecular weight excluding hydrogens is 214 g/mol. The number of ether oxygens (including phenoxy) is 1. The second-order valence-corrected chi connectivity index (χ2v) is 4.68. The van der Waals surface area contributed by atoms with Crippen molar-refractivity contribution >= 4 is 5.82 Å². The monoisotopic (exact) mass is 235 g/mol. The van der Waals surface area contributed by atoms with E-state index in [0.717, 1.165) is 25.5 Å². The Morgan fingerprint density at radius 1 is 1.41 bits per heavy atom. The molecule has 1 aliphatic rings. The average molecular weight is 235 g/mol. The fourth-order valence-electron chi connectivity index (χ4n) is 2.39. The zero-order valence-corrected chi connectivity index (χ0v) is 10.8. The molecule has 2 heterocycles. The Kier molecular flexibility index (Phi) is 3.97. The Bertz CT molecular complexity index is 359. The summed E-state index contributed by atoms with van der Waals surface area (Å²) in [4.78, 5) is 6.85. The second kappa shape index (κ2) is 5.47. The Morgan fingerprint density at radius 2 is 2.12 bits per heavy atom. The minimum Gasteiger partial charge on any atom is -0.372 e. The third kappa shape index (κ3) is 2.96. The van der Waals surface area contributed by atoms with Crippen LogP contribution in [0.2, 0.25) is 0 Å². The van der Waals surface area contributed by atoms with Gasteiger partial charge in [0.15, 0.2) is 0 Å². The van der Waals surface area contributed by atoms with Crippen LogP contribution in [0.15, 0.2) is 18.3 Å². The van der Waals surface area contributed by atoms with Crippen LogP contribution in [-0.4, -0.2) is 37.3 Å². The lowest BCUT2D eigenvalue weighted by molar-refractivity contribution is -0.00550. The van der Waals surface area contributed by atoms with E-state index in [2.05, 4.69) is 35.1 Å². The third-order valence-electron chi connectivity index (χ3n) is 2.95. The number of aromatic nitrogens is 1. The molecule has 4 nitrogen and oxygen atoms in total. The van der Waals surface area contributed by atoms with E-state index in [-0.39, 0.29) is 12.2 Å². The number of morpholine rings is 1. The molecule has 0 spiro atoms. The molecule has 2 rings (SSSR count). The number of pyridine rings is 1. The number of hydrogen-bond acceptors (Lipinski definition) is 4. The molecule has 1 aliphatic heterocycles. The Balaban J connectivity index is 2.20. The molecule has 0 saturated carbocycles. The van der Waals surface area contributed by atoms with Gasteiger partial charge in [0.25, 0.3) is 0 Å². The smallest absolute Gasteiger partial charge is 0.133 e. The second-order valence-electron chi connectivity index (χ2n) is 4.68. The molecule has 1 aromatic rings. The summed E-state index contributed by atoms with van der Waals surface area (Å²) in [6.45, 7) is 6.91. The Labute approximate surface area is 103 Å². The first kappa shape index (κ1) is 12.3. The number of anilines is 1. The lowest BCUT2D eigenvalue weighted by atomic mass is 10.2. The highest BCUT2D eigenvalue weighted by Gasteiger charge is 2.24. The summed E-state index contributed by atoms with van der Waals surface area (Å²) in [5.74, 6) is 1.09. The summed E-state index contributed by atoms with van der Waals surface area (Å²) in [5, 5.41) is 3.19. The molecule has 94 valence electrons. The quantitative estimate of drug-likeness (QED) is 0.859. The van der Waals surface area contributed by atoms with E-state index < -0.39 is 0 Å². The zero-order valence-electron chi connectivity index (χ0n) is 10.8. The van der Waals surface area contributed by atoms with Crippen molar-refractivity contribution in [2.24, 2.45) is 0 Å². The zero-order chi connectivity index (χ0) is 12.3. The molecule has 0 aliphatic carbocycles. The molecule has 1 N–H and O–H groups in total. The Hall–Kier alpha value is -1.13. The largest absolute Gasteiger partial charge is 0.372 e. The summed E-state index contributed by atoms with van der Waals surface area (Å²) >= 11 is 0. The normalized spacial score (nSPS) is 25.0. The van der Waals surface area contributed by atoms with Gasteiger partial charge in [0.1, 0.15) is 5.82 Å². The van der Waals surface area contributed by atoms with Crippen LogP contribution in [-0.2, 0) is 11.3 Å². The van der Waals surface area contributed by atoms with Crippen molar-refractivity contribution in [2.45, 2.75) is 32.6 Å². The standard InChI is InChI=1S/C13H21N3O/c1-10-8-16(9-11(2)17-10)13-12(7-14-3)5-4-6-15-13/h4-6,10-11,14H,7-9H2,1-3H3/t10-,11+. The van der Waals surface area contributed by atoms with Crippen LogP contribution in [0, 0.1) is 0 Å². The molecule has 2 atom stereocenters. The molecular formula is C13H21N3O. The van der Waals surface area contributed by atoms with Gasteiger partial charge in [-0.15, -0.1) is 0 Å². The first-order valence-corrected chi connectivity index (χ1v) is 6.19. The topological polar surface area (TPSA) is 37.4 Å². The SMILES string of the molecule is CNCc1cccnc1N1C[C@@H](C)O[C@@H](C)C1. The highest BCUT2D eigenvalue weighted by Crippen LogP contribution is 2.21. The van der Waals surface area contributed by atoms with Gasteiger partial charge < -0.3 is 15.0 Å². The minimum absolute atomic E-state index is 0.267. The maximum absolute atomic E-state index is 5.75. The molecule has 0 unspecified atom stereocenters. The maximum Gasteiger partial charge on any atom is 0.133 e. The van der Waals surface area contributed by atoms with Crippen LogP contribution < -0.4 is 10.2 Å². The van der Waals surface area contributed by atoms with Gasteiger partial charge in [-0.05, 0) is 27.0 Å². The van der Waals surface area contributed by atoms with E-state index in [1.54, 1.807) is 0 Å². The summed E-state index contributed by atoms with van der Waals surface area (Å²) in [6.07, 6.45) is 2.39. The van der Waals surface area contributed by atoms with Crippen molar-refractivity contribution in [1.82, 2.24) is 10.3 Å². The summed E-state index contributed by atoms with van der Waals surface area (Å²) in [6, 6.07) is 4.12. The van der Waals surface area contributed by atoms with Crippen LogP contribution in [0.3, 0.4) is 0 Å². The van der Waals surface area contributed by atoms with Crippen molar-refractivity contribution in [1.29, 1.82) is 0 Å². The van der Waals surface area contributed by atoms with Gasteiger partial charge in [0.2, 0.25) is 0 Å². The fraction of sp³-hybridized carbons (Fsp3) is 0.615. The minimum atomic E-state index is 0.267. The van der Waals surface area contributed by atoms with Crippen LogP contribution in [0.5, 0.6) is 0 Å². The van der Waals surface area contributed by atoms with E-state index in [1.807, 2.05) is 19.3 Å². The number of nitrogens with one attached hydrogen (secondary N) is 1. The average Bonchev–Trinajstić information content (AvgIpc) is 2.29. The predicted octanol–water partition coefficient (Wildman–Crippen LogP) is 1.41. The van der Waals surface area contributed by atoms with Gasteiger partial charge in [0.05, 0.1) is 12.2 Å². The number of rotatable bonds is 3. The summed E-state index contributed by atoms with van der Waals surface area (Å²) in [7, 11) is 1.96.